The summed E-state index contributed by atoms with van der Waals surface area (Å²) in [6.45, 7) is 1.11. The fourth-order valence-electron chi connectivity index (χ4n) is 2.63. The monoisotopic (exact) mass is 259 g/mol. The molecule has 3 heterocycles. The van der Waals surface area contributed by atoms with Gasteiger partial charge in [-0.1, -0.05) is 0 Å². The Kier molecular flexibility index (Phi) is 3.31. The number of H-pyrrole nitrogens is 1. The molecule has 1 aliphatic heterocycles. The molecule has 3 rings (SSSR count). The van der Waals surface area contributed by atoms with Crippen LogP contribution in [0.15, 0.2) is 30.7 Å². The van der Waals surface area contributed by atoms with Crippen LogP contribution in [0.25, 0.3) is 0 Å². The molecule has 6 heteroatoms. The molecule has 0 bridgehead atoms. The Morgan fingerprint density at radius 1 is 1.42 bits per heavy atom. The van der Waals surface area contributed by atoms with E-state index >= 15 is 0 Å². The van der Waals surface area contributed by atoms with Crippen LogP contribution in [-0.2, 0) is 11.3 Å². The first-order valence-corrected chi connectivity index (χ1v) is 6.61. The number of carbonyl (C=O) groups is 1. The minimum Gasteiger partial charge on any atom is -0.333 e. The third kappa shape index (κ3) is 2.52. The Bertz CT molecular complexity index is 519. The molecular formula is C13H17N5O. The van der Waals surface area contributed by atoms with Crippen molar-refractivity contribution in [1.29, 1.82) is 0 Å². The van der Waals surface area contributed by atoms with Gasteiger partial charge in [0, 0.05) is 25.1 Å². The molecule has 0 aromatic carbocycles. The molecule has 1 amide bonds. The summed E-state index contributed by atoms with van der Waals surface area (Å²) in [5.41, 5.74) is 1.02. The van der Waals surface area contributed by atoms with Crippen molar-refractivity contribution in [3.8, 4) is 0 Å². The van der Waals surface area contributed by atoms with Crippen LogP contribution in [0.3, 0.4) is 0 Å². The highest BCUT2D eigenvalue weighted by atomic mass is 16.2. The fraction of sp³-hybridized carbons (Fsp3) is 0.462. The number of nitrogens with zero attached hydrogens (tertiary/aromatic N) is 4. The first-order valence-electron chi connectivity index (χ1n) is 6.61. The molecule has 1 saturated heterocycles. The molecule has 1 N–H and O–H groups in total. The lowest BCUT2D eigenvalue weighted by Crippen LogP contribution is -2.40. The molecule has 0 aliphatic carbocycles. The molecule has 1 atom stereocenters. The Labute approximate surface area is 111 Å². The largest absolute Gasteiger partial charge is 0.333 e. The van der Waals surface area contributed by atoms with Crippen LogP contribution < -0.4 is 0 Å². The molecule has 6 nitrogen and oxygen atoms in total. The Morgan fingerprint density at radius 2 is 2.37 bits per heavy atom. The molecule has 2 aromatic heterocycles. The average molecular weight is 259 g/mol. The van der Waals surface area contributed by atoms with E-state index in [-0.39, 0.29) is 11.9 Å². The lowest BCUT2D eigenvalue weighted by molar-refractivity contribution is -0.136. The topological polar surface area (TPSA) is 66.8 Å². The van der Waals surface area contributed by atoms with Gasteiger partial charge in [0.25, 0.3) is 0 Å². The van der Waals surface area contributed by atoms with Gasteiger partial charge in [-0.05, 0) is 31.4 Å². The van der Waals surface area contributed by atoms with Crippen LogP contribution in [0.2, 0.25) is 0 Å². The zero-order valence-corrected chi connectivity index (χ0v) is 10.7. The number of rotatable bonds is 3. The second-order valence-corrected chi connectivity index (χ2v) is 4.81. The van der Waals surface area contributed by atoms with Gasteiger partial charge in [0.05, 0.1) is 11.7 Å². The van der Waals surface area contributed by atoms with Crippen LogP contribution in [0.4, 0.5) is 0 Å². The minimum absolute atomic E-state index is 0.114. The number of hydrogen-bond donors (Lipinski definition) is 1. The first-order chi connectivity index (χ1) is 9.34. The van der Waals surface area contributed by atoms with Crippen LogP contribution in [0.5, 0.6) is 0 Å². The number of piperidine rings is 1. The number of carbonyl (C=O) groups excluding carboxylic acids is 1. The van der Waals surface area contributed by atoms with Crippen LogP contribution in [0, 0.1) is 0 Å². The van der Waals surface area contributed by atoms with Crippen LogP contribution >= 0.6 is 0 Å². The fourth-order valence-corrected chi connectivity index (χ4v) is 2.63. The molecule has 2 aromatic rings. The van der Waals surface area contributed by atoms with E-state index < -0.39 is 0 Å². The van der Waals surface area contributed by atoms with E-state index in [0.717, 1.165) is 31.5 Å². The summed E-state index contributed by atoms with van der Waals surface area (Å²) < 4.78 is 1.67. The predicted molar refractivity (Wildman–Crippen MR) is 69.1 cm³/mol. The lowest BCUT2D eigenvalue weighted by atomic mass is 9.99. The molecular weight excluding hydrogens is 242 g/mol. The maximum Gasteiger partial charge on any atom is 0.244 e. The van der Waals surface area contributed by atoms with Gasteiger partial charge in [0.1, 0.15) is 6.54 Å². The summed E-state index contributed by atoms with van der Waals surface area (Å²) in [4.78, 5) is 14.3. The van der Waals surface area contributed by atoms with Crippen LogP contribution in [-0.4, -0.2) is 37.3 Å². The molecule has 0 radical (unpaired) electrons. The predicted octanol–water partition coefficient (Wildman–Crippen LogP) is 1.36. The van der Waals surface area contributed by atoms with Gasteiger partial charge < -0.3 is 4.90 Å². The Hall–Kier alpha value is -2.11. The maximum atomic E-state index is 12.4. The van der Waals surface area contributed by atoms with Crippen molar-refractivity contribution >= 4 is 5.91 Å². The molecule has 100 valence electrons. The van der Waals surface area contributed by atoms with Crippen molar-refractivity contribution in [2.75, 3.05) is 6.54 Å². The van der Waals surface area contributed by atoms with Gasteiger partial charge in [-0.3, -0.25) is 14.6 Å². The van der Waals surface area contributed by atoms with E-state index in [1.165, 1.54) is 0 Å². The van der Waals surface area contributed by atoms with Gasteiger partial charge in [0.15, 0.2) is 0 Å². The molecule has 0 spiro atoms. The standard InChI is InChI=1S/C13H17N5O/c19-13(10-17-8-3-6-15-17)18-9-2-1-4-12(18)11-5-7-14-16-11/h3,5-8,12H,1-2,4,9-10H2,(H,14,16)/t12-/m0/s1. The highest BCUT2D eigenvalue weighted by molar-refractivity contribution is 5.76. The van der Waals surface area contributed by atoms with Crippen molar-refractivity contribution < 1.29 is 4.79 Å². The number of aromatic nitrogens is 4. The van der Waals surface area contributed by atoms with Crippen molar-refractivity contribution in [1.82, 2.24) is 24.9 Å². The number of nitrogens with one attached hydrogen (secondary N) is 1. The molecule has 1 fully saturated rings. The smallest absolute Gasteiger partial charge is 0.244 e. The van der Waals surface area contributed by atoms with Gasteiger partial charge in [-0.15, -0.1) is 0 Å². The maximum absolute atomic E-state index is 12.4. The summed E-state index contributed by atoms with van der Waals surface area (Å²) in [6.07, 6.45) is 8.45. The average Bonchev–Trinajstić information content (AvgIpc) is 3.11. The third-order valence-electron chi connectivity index (χ3n) is 3.56. The van der Waals surface area contributed by atoms with E-state index in [0.29, 0.717) is 6.54 Å². The minimum atomic E-state index is 0.114. The van der Waals surface area contributed by atoms with Gasteiger partial charge in [0.2, 0.25) is 5.91 Å². The van der Waals surface area contributed by atoms with Crippen molar-refractivity contribution in [3.63, 3.8) is 0 Å². The SMILES string of the molecule is O=C(Cn1cccn1)N1CCCC[C@H]1c1ccn[nH]1. The van der Waals surface area contributed by atoms with E-state index in [1.807, 2.05) is 23.2 Å². The summed E-state index contributed by atoms with van der Waals surface area (Å²) in [5, 5.41) is 11.1. The second-order valence-electron chi connectivity index (χ2n) is 4.81. The van der Waals surface area contributed by atoms with E-state index in [9.17, 15) is 4.79 Å². The van der Waals surface area contributed by atoms with Crippen molar-refractivity contribution in [2.24, 2.45) is 0 Å². The number of amides is 1. The third-order valence-corrected chi connectivity index (χ3v) is 3.56. The summed E-state index contributed by atoms with van der Waals surface area (Å²) in [6, 6.07) is 3.90. The van der Waals surface area contributed by atoms with Gasteiger partial charge >= 0.3 is 0 Å². The Morgan fingerprint density at radius 3 is 3.11 bits per heavy atom. The van der Waals surface area contributed by atoms with Crippen molar-refractivity contribution in [2.45, 2.75) is 31.8 Å². The van der Waals surface area contributed by atoms with Gasteiger partial charge in [-0.25, -0.2) is 0 Å². The summed E-state index contributed by atoms with van der Waals surface area (Å²) in [5.74, 6) is 0.114. The van der Waals surface area contributed by atoms with Gasteiger partial charge in [-0.2, -0.15) is 10.2 Å². The lowest BCUT2D eigenvalue weighted by Gasteiger charge is -2.35. The normalized spacial score (nSPS) is 19.6. The zero-order valence-electron chi connectivity index (χ0n) is 10.7. The second kappa shape index (κ2) is 5.26. The highest BCUT2D eigenvalue weighted by Crippen LogP contribution is 2.29. The van der Waals surface area contributed by atoms with Crippen molar-refractivity contribution in [3.05, 3.63) is 36.4 Å². The molecule has 1 aliphatic rings. The van der Waals surface area contributed by atoms with E-state index in [4.69, 9.17) is 0 Å². The van der Waals surface area contributed by atoms with E-state index in [2.05, 4.69) is 15.3 Å². The Balaban J connectivity index is 1.75. The first kappa shape index (κ1) is 12.0. The van der Waals surface area contributed by atoms with E-state index in [1.54, 1.807) is 17.1 Å². The summed E-state index contributed by atoms with van der Waals surface area (Å²) >= 11 is 0. The summed E-state index contributed by atoms with van der Waals surface area (Å²) in [7, 11) is 0. The molecule has 0 unspecified atom stereocenters. The number of likely N-dealkylation sites (tertiary alicyclic amines) is 1. The molecule has 0 saturated carbocycles. The molecule has 19 heavy (non-hydrogen) atoms. The zero-order chi connectivity index (χ0) is 13.1. The quantitative estimate of drug-likeness (QED) is 0.905. The highest BCUT2D eigenvalue weighted by Gasteiger charge is 2.28. The van der Waals surface area contributed by atoms with Crippen LogP contribution in [0.1, 0.15) is 31.0 Å². The number of hydrogen-bond acceptors (Lipinski definition) is 3. The number of aromatic amines is 1.